The van der Waals surface area contributed by atoms with Crippen molar-refractivity contribution in [3.05, 3.63) is 364 Å². The molecule has 8 aromatic carbocycles. The van der Waals surface area contributed by atoms with Gasteiger partial charge in [0.25, 0.3) is 45.5 Å². The van der Waals surface area contributed by atoms with E-state index in [1.54, 1.807) is 48.5 Å². The van der Waals surface area contributed by atoms with E-state index >= 15 is 0 Å². The third-order valence-electron chi connectivity index (χ3n) is 22.3. The Hall–Kier alpha value is -12.2. The average molecular weight is 2550 g/mol. The first-order valence-corrected chi connectivity index (χ1v) is 42.3. The molecule has 0 heterocycles. The number of benzene rings is 8. The summed E-state index contributed by atoms with van der Waals surface area (Å²) < 4.78 is 0. The SMILES string of the molecule is O=C1CCC/C1=C(/[O-])c1ccccc1[N+](=O)[O-].O=C1CCC/C1=C(/[O-])c1ccccc1[N+](=O)[O-].O=C1CCC/C1=C(/[O-])c1ccccc1[N+](=O)[O-].O=C1CCC/C1=C(/[O-])c1ccccc1[N+](=O)[O-].O=C1CCC/C1=C(/[O-])c1ccccc1[N+](=O)[O-].O=C1CCC/C1=C(/[O-])c1ccccc1[N+](=O)[O-].O=C1CCC/C1=C(/[O-])c1ccccc1[N+](=O)[O-].O=C1CCC/C1=C(/[O-])c1ccccc1[N+](=O)[O-].[Gd+3].[Gd+3].[Gd+3].[Gd+3].[OH-].[OH-].[OH-].[OH-]. The van der Waals surface area contributed by atoms with E-state index in [-0.39, 0.29) is 363 Å². The monoisotopic (exact) mass is 2560 g/mol. The maximum Gasteiger partial charge on any atom is 3.00 e. The molecule has 8 saturated carbocycles. The van der Waals surface area contributed by atoms with Gasteiger partial charge in [-0.1, -0.05) is 143 Å². The minimum absolute atomic E-state index is 0. The quantitative estimate of drug-likeness (QED) is 0.0375. The van der Waals surface area contributed by atoms with Crippen LogP contribution in [0.2, 0.25) is 0 Å². The Kier molecular flexibility index (Phi) is 56.3. The largest absolute Gasteiger partial charge is 3.00 e. The number of nitrogens with zero attached hydrogens (tertiary/aromatic N) is 8. The first-order chi connectivity index (χ1) is 64.9. The second-order valence-corrected chi connectivity index (χ2v) is 30.9. The van der Waals surface area contributed by atoms with Crippen molar-refractivity contribution in [2.75, 3.05) is 0 Å². The third kappa shape index (κ3) is 34.0. The summed E-state index contributed by atoms with van der Waals surface area (Å²) in [5.74, 6) is -5.50. The molecule has 0 unspecified atom stereocenters. The number of hydrogen-bond acceptors (Lipinski definition) is 36. The Morgan fingerprint density at radius 3 is 0.312 bits per heavy atom. The number of ketones is 8. The number of hydrogen-bond donors (Lipinski definition) is 0. The van der Waals surface area contributed by atoms with Crippen LogP contribution in [0.5, 0.6) is 0 Å². The molecule has 0 spiro atoms. The summed E-state index contributed by atoms with van der Waals surface area (Å²) in [7, 11) is 0. The summed E-state index contributed by atoms with van der Waals surface area (Å²) >= 11 is 0. The zero-order valence-electron chi connectivity index (χ0n) is 75.3. The number of carbonyl (C=O) groups excluding carboxylic acids is 8. The van der Waals surface area contributed by atoms with Crippen LogP contribution in [0.1, 0.15) is 199 Å². The Morgan fingerprint density at radius 1 is 0.160 bits per heavy atom. The molecular formula is C96H84Gd4N8O36. The zero-order valence-corrected chi connectivity index (χ0v) is 84.4. The Balaban J connectivity index is 0.000000816. The van der Waals surface area contributed by atoms with E-state index in [4.69, 9.17) is 0 Å². The van der Waals surface area contributed by atoms with Crippen molar-refractivity contribution in [1.82, 2.24) is 0 Å². The number of para-hydroxylation sites is 8. The third-order valence-corrected chi connectivity index (χ3v) is 22.3. The van der Waals surface area contributed by atoms with E-state index in [0.717, 1.165) is 0 Å². The standard InChI is InChI=1S/8C12H11NO4.4Gd.4H2O/c8*14-11-7-3-5-9(11)12(15)8-4-1-2-6-10(8)13(16)17;;;;;;;;/h8*1-2,4,6,15H,3,5,7H2;;;;;4*1H2/q;;;;;;;;4*+3;;;;/p-12/b8*12-9-;;;;;;;;. The van der Waals surface area contributed by atoms with E-state index in [2.05, 4.69) is 0 Å². The second-order valence-electron chi connectivity index (χ2n) is 30.9. The van der Waals surface area contributed by atoms with Crippen molar-refractivity contribution in [1.29, 1.82) is 0 Å². The van der Waals surface area contributed by atoms with E-state index in [1.165, 1.54) is 146 Å². The van der Waals surface area contributed by atoms with Crippen LogP contribution in [0.4, 0.5) is 45.5 Å². The molecular weight excluding hydrogens is 2470 g/mol. The molecule has 4 radical (unpaired) electrons. The van der Waals surface area contributed by atoms with Crippen molar-refractivity contribution in [3.63, 3.8) is 0 Å². The van der Waals surface area contributed by atoms with Gasteiger partial charge in [0.2, 0.25) is 0 Å². The fraction of sp³-hybridized carbons (Fsp3) is 0.250. The van der Waals surface area contributed by atoms with Crippen LogP contribution >= 0.6 is 0 Å². The van der Waals surface area contributed by atoms with Gasteiger partial charge in [-0.05, 0) is 196 Å². The molecule has 0 aliphatic heterocycles. The van der Waals surface area contributed by atoms with E-state index in [1.807, 2.05) is 0 Å². The first kappa shape index (κ1) is 130. The zero-order chi connectivity index (χ0) is 99.3. The average Bonchev–Trinajstić information content (AvgIpc) is 1.60. The molecule has 4 N–H and O–H groups in total. The minimum atomic E-state index is -0.604. The molecule has 48 heteroatoms. The molecule has 8 aromatic rings. The number of nitro groups is 8. The van der Waals surface area contributed by atoms with Crippen molar-refractivity contribution >= 4 is 138 Å². The second kappa shape index (κ2) is 62.5. The van der Waals surface area contributed by atoms with Gasteiger partial charge in [0.1, 0.15) is 0 Å². The minimum Gasteiger partial charge on any atom is -0.872 e. The predicted octanol–water partition coefficient (Wildman–Crippen LogP) is 10.6. The van der Waals surface area contributed by atoms with E-state index in [9.17, 15) is 160 Å². The fourth-order valence-electron chi connectivity index (χ4n) is 15.5. The van der Waals surface area contributed by atoms with Gasteiger partial charge in [-0.3, -0.25) is 119 Å². The molecule has 44 nitrogen and oxygen atoms in total. The molecule has 8 aliphatic carbocycles. The maximum absolute atomic E-state index is 12.0. The number of nitro benzene ring substituents is 8. The Morgan fingerprint density at radius 2 is 0.243 bits per heavy atom. The maximum atomic E-state index is 12.0. The summed E-state index contributed by atoms with van der Waals surface area (Å²) in [5.41, 5.74) is -0.394. The van der Waals surface area contributed by atoms with Crippen LogP contribution in [0.25, 0.3) is 46.1 Å². The molecule has 16 rings (SSSR count). The van der Waals surface area contributed by atoms with Gasteiger partial charge in [0.15, 0.2) is 46.3 Å². The number of Topliss-reactive ketones (excluding diaryl/α,β-unsaturated/α-hetero) is 8. The van der Waals surface area contributed by atoms with Gasteiger partial charge in [0.05, 0.1) is 39.4 Å². The van der Waals surface area contributed by atoms with Crippen molar-refractivity contribution in [2.24, 2.45) is 0 Å². The molecule has 0 saturated heterocycles. The summed E-state index contributed by atoms with van der Waals surface area (Å²) in [4.78, 5) is 173. The van der Waals surface area contributed by atoms with E-state index < -0.39 is 85.5 Å². The molecule has 756 valence electrons. The fourth-order valence-corrected chi connectivity index (χ4v) is 15.5. The smallest absolute Gasteiger partial charge is 0.872 e. The number of allylic oxidation sites excluding steroid dienone is 8. The summed E-state index contributed by atoms with van der Waals surface area (Å²) in [6.07, 6.45) is 11.5. The van der Waals surface area contributed by atoms with Crippen LogP contribution in [-0.4, -0.2) is 108 Å². The topological polar surface area (TPSA) is 786 Å². The van der Waals surface area contributed by atoms with Gasteiger partial charge in [0, 0.05) is 144 Å². The molecule has 8 fully saturated rings. The van der Waals surface area contributed by atoms with Gasteiger partial charge in [-0.15, -0.1) is 0 Å². The van der Waals surface area contributed by atoms with Crippen molar-refractivity contribution in [3.8, 4) is 0 Å². The molecule has 0 bridgehead atoms. The van der Waals surface area contributed by atoms with Crippen molar-refractivity contribution < 1.29 is 300 Å². The van der Waals surface area contributed by atoms with Gasteiger partial charge >= 0.3 is 160 Å². The molecule has 144 heavy (non-hydrogen) atoms. The molecule has 0 atom stereocenters. The van der Waals surface area contributed by atoms with Crippen LogP contribution in [0.3, 0.4) is 0 Å². The summed E-state index contributed by atoms with van der Waals surface area (Å²) in [6, 6.07) is 45.7. The summed E-state index contributed by atoms with van der Waals surface area (Å²) in [5, 5.41) is 182. The Labute approximate surface area is 945 Å². The normalized spacial score (nSPS) is 17.2. The number of rotatable bonds is 16. The van der Waals surface area contributed by atoms with Gasteiger partial charge < -0.3 is 62.8 Å². The first-order valence-electron chi connectivity index (χ1n) is 42.3. The predicted molar refractivity (Wildman–Crippen MR) is 479 cm³/mol. The van der Waals surface area contributed by atoms with Crippen LogP contribution in [0, 0.1) is 241 Å². The van der Waals surface area contributed by atoms with Crippen LogP contribution in [-0.2, 0) is 38.4 Å². The molecule has 0 amide bonds. The Bertz CT molecular complexity index is 5330. The summed E-state index contributed by atoms with van der Waals surface area (Å²) in [6.45, 7) is 0. The molecule has 8 aliphatic rings. The molecule has 0 aromatic heterocycles. The van der Waals surface area contributed by atoms with Gasteiger partial charge in [-0.2, -0.15) is 0 Å². The van der Waals surface area contributed by atoms with Gasteiger partial charge in [-0.25, -0.2) is 0 Å². The van der Waals surface area contributed by atoms with Crippen LogP contribution < -0.4 is 40.9 Å². The van der Waals surface area contributed by atoms with Crippen LogP contribution in [0.15, 0.2) is 239 Å². The van der Waals surface area contributed by atoms with Crippen molar-refractivity contribution in [2.45, 2.75) is 154 Å². The van der Waals surface area contributed by atoms with E-state index in [0.29, 0.717) is 154 Å². The number of carbonyl (C=O) groups is 8.